The number of ether oxygens (including phenoxy) is 1. The minimum Gasteiger partial charge on any atom is -0.497 e. The second kappa shape index (κ2) is 12.8. The molecule has 8 nitrogen and oxygen atoms in total. The first-order valence-electron chi connectivity index (χ1n) is 12.1. The van der Waals surface area contributed by atoms with Gasteiger partial charge in [0.05, 0.1) is 17.7 Å². The Kier molecular flexibility index (Phi) is 9.77. The second-order valence-electron chi connectivity index (χ2n) is 8.74. The first kappa shape index (κ1) is 29.0. The van der Waals surface area contributed by atoms with Crippen LogP contribution in [0.4, 0.5) is 5.69 Å². The van der Waals surface area contributed by atoms with Gasteiger partial charge in [0.2, 0.25) is 11.8 Å². The third-order valence-electron chi connectivity index (χ3n) is 6.01. The molecule has 1 N–H and O–H groups in total. The van der Waals surface area contributed by atoms with Gasteiger partial charge in [0.25, 0.3) is 10.0 Å². The molecule has 0 unspecified atom stereocenters. The number of rotatable bonds is 11. The molecule has 0 aromatic heterocycles. The molecule has 202 valence electrons. The second-order valence-corrected chi connectivity index (χ2v) is 11.0. The van der Waals surface area contributed by atoms with E-state index in [1.165, 1.54) is 24.1 Å². The van der Waals surface area contributed by atoms with Gasteiger partial charge < -0.3 is 15.0 Å². The number of likely N-dealkylation sites (N-methyl/N-ethyl adjacent to an activating group) is 1. The van der Waals surface area contributed by atoms with Crippen molar-refractivity contribution in [2.45, 2.75) is 38.3 Å². The van der Waals surface area contributed by atoms with E-state index >= 15 is 0 Å². The first-order chi connectivity index (χ1) is 18.1. The van der Waals surface area contributed by atoms with Gasteiger partial charge in [-0.05, 0) is 74.9 Å². The Balaban J connectivity index is 2.03. The lowest BCUT2D eigenvalue weighted by atomic mass is 10.1. The van der Waals surface area contributed by atoms with E-state index in [9.17, 15) is 18.0 Å². The van der Waals surface area contributed by atoms with E-state index < -0.39 is 28.5 Å². The Morgan fingerprint density at radius 3 is 2.26 bits per heavy atom. The highest BCUT2D eigenvalue weighted by atomic mass is 35.5. The van der Waals surface area contributed by atoms with Crippen LogP contribution in [0, 0.1) is 6.92 Å². The zero-order valence-electron chi connectivity index (χ0n) is 21.8. The molecule has 0 radical (unpaired) electrons. The molecular formula is C28H32ClN3O5S. The molecule has 0 heterocycles. The van der Waals surface area contributed by atoms with E-state index in [0.29, 0.717) is 22.9 Å². The standard InChI is InChI=1S/C28H32ClN3O5S/c1-5-30-28(34)21(3)31(18-22-7-6-8-23(29)17-22)27(33)19-32(24-11-13-25(37-4)14-12-24)38(35,36)26-15-9-20(2)10-16-26/h6-17,21H,5,18-19H2,1-4H3,(H,30,34)/t21-/m1/s1. The van der Waals surface area contributed by atoms with Crippen LogP contribution in [0.3, 0.4) is 0 Å². The van der Waals surface area contributed by atoms with Gasteiger partial charge in [-0.3, -0.25) is 13.9 Å². The summed E-state index contributed by atoms with van der Waals surface area (Å²) in [6.45, 7) is 5.19. The van der Waals surface area contributed by atoms with Gasteiger partial charge in [0.1, 0.15) is 18.3 Å². The van der Waals surface area contributed by atoms with Gasteiger partial charge in [-0.25, -0.2) is 8.42 Å². The number of carbonyl (C=O) groups excluding carboxylic acids is 2. The number of carbonyl (C=O) groups is 2. The summed E-state index contributed by atoms with van der Waals surface area (Å²) in [6.07, 6.45) is 0. The molecule has 0 saturated heterocycles. The summed E-state index contributed by atoms with van der Waals surface area (Å²) in [5.74, 6) is -0.351. The third-order valence-corrected chi connectivity index (χ3v) is 8.03. The first-order valence-corrected chi connectivity index (χ1v) is 13.9. The van der Waals surface area contributed by atoms with Gasteiger partial charge in [0, 0.05) is 18.1 Å². The van der Waals surface area contributed by atoms with Crippen molar-refractivity contribution in [2.24, 2.45) is 0 Å². The van der Waals surface area contributed by atoms with Crippen LogP contribution in [-0.2, 0) is 26.2 Å². The fourth-order valence-corrected chi connectivity index (χ4v) is 5.48. The summed E-state index contributed by atoms with van der Waals surface area (Å²) in [6, 6.07) is 18.9. The number of anilines is 1. The number of amides is 2. The van der Waals surface area contributed by atoms with Crippen molar-refractivity contribution in [1.29, 1.82) is 0 Å². The number of aryl methyl sites for hydroxylation is 1. The van der Waals surface area contributed by atoms with Crippen molar-refractivity contribution in [3.8, 4) is 5.75 Å². The summed E-state index contributed by atoms with van der Waals surface area (Å²) in [7, 11) is -2.62. The Bertz CT molecular complexity index is 1360. The number of benzene rings is 3. The molecular weight excluding hydrogens is 526 g/mol. The number of halogens is 1. The lowest BCUT2D eigenvalue weighted by molar-refractivity contribution is -0.139. The van der Waals surface area contributed by atoms with E-state index in [0.717, 1.165) is 9.87 Å². The summed E-state index contributed by atoms with van der Waals surface area (Å²) in [4.78, 5) is 28.0. The summed E-state index contributed by atoms with van der Waals surface area (Å²) in [5, 5.41) is 3.22. The third kappa shape index (κ3) is 7.05. The highest BCUT2D eigenvalue weighted by Crippen LogP contribution is 2.27. The SMILES string of the molecule is CCNC(=O)[C@@H](C)N(Cc1cccc(Cl)c1)C(=O)CN(c1ccc(OC)cc1)S(=O)(=O)c1ccc(C)cc1. The van der Waals surface area contributed by atoms with E-state index in [-0.39, 0.29) is 23.0 Å². The highest BCUT2D eigenvalue weighted by molar-refractivity contribution is 7.92. The molecule has 3 aromatic carbocycles. The molecule has 0 spiro atoms. The maximum atomic E-state index is 13.8. The molecule has 10 heteroatoms. The van der Waals surface area contributed by atoms with E-state index in [2.05, 4.69) is 5.32 Å². The Morgan fingerprint density at radius 1 is 1.03 bits per heavy atom. The number of hydrogen-bond donors (Lipinski definition) is 1. The summed E-state index contributed by atoms with van der Waals surface area (Å²) >= 11 is 6.15. The zero-order valence-corrected chi connectivity index (χ0v) is 23.4. The quantitative estimate of drug-likeness (QED) is 0.377. The lowest BCUT2D eigenvalue weighted by Crippen LogP contribution is -2.51. The molecule has 1 atom stereocenters. The minimum absolute atomic E-state index is 0.0462. The number of sulfonamides is 1. The van der Waals surface area contributed by atoms with Crippen molar-refractivity contribution >= 4 is 39.1 Å². The molecule has 0 aliphatic rings. The molecule has 0 aliphatic heterocycles. The minimum atomic E-state index is -4.13. The van der Waals surface area contributed by atoms with Crippen LogP contribution in [-0.4, -0.2) is 51.4 Å². The summed E-state index contributed by atoms with van der Waals surface area (Å²) < 4.78 is 33.8. The van der Waals surface area contributed by atoms with Crippen LogP contribution in [0.1, 0.15) is 25.0 Å². The Hall–Kier alpha value is -3.56. The molecule has 3 rings (SSSR count). The Morgan fingerprint density at radius 2 is 1.68 bits per heavy atom. The number of nitrogens with one attached hydrogen (secondary N) is 1. The monoisotopic (exact) mass is 557 g/mol. The average Bonchev–Trinajstić information content (AvgIpc) is 2.90. The largest absolute Gasteiger partial charge is 0.497 e. The van der Waals surface area contributed by atoms with Crippen molar-refractivity contribution < 1.29 is 22.7 Å². The van der Waals surface area contributed by atoms with Crippen LogP contribution in [0.2, 0.25) is 5.02 Å². The van der Waals surface area contributed by atoms with Gasteiger partial charge >= 0.3 is 0 Å². The van der Waals surface area contributed by atoms with E-state index in [1.807, 2.05) is 6.92 Å². The molecule has 2 amide bonds. The van der Waals surface area contributed by atoms with Gasteiger partial charge in [-0.1, -0.05) is 41.4 Å². The maximum absolute atomic E-state index is 13.8. The Labute approximate surface area is 229 Å². The average molecular weight is 558 g/mol. The zero-order chi connectivity index (χ0) is 27.9. The van der Waals surface area contributed by atoms with Crippen LogP contribution >= 0.6 is 11.6 Å². The van der Waals surface area contributed by atoms with Crippen LogP contribution < -0.4 is 14.4 Å². The van der Waals surface area contributed by atoms with Crippen LogP contribution in [0.15, 0.2) is 77.7 Å². The van der Waals surface area contributed by atoms with E-state index in [4.69, 9.17) is 16.3 Å². The van der Waals surface area contributed by atoms with Crippen molar-refractivity contribution in [3.63, 3.8) is 0 Å². The fourth-order valence-electron chi connectivity index (χ4n) is 3.85. The number of nitrogens with zero attached hydrogens (tertiary/aromatic N) is 2. The molecule has 0 bridgehead atoms. The smallest absolute Gasteiger partial charge is 0.264 e. The fraction of sp³-hybridized carbons (Fsp3) is 0.286. The predicted molar refractivity (Wildman–Crippen MR) is 149 cm³/mol. The highest BCUT2D eigenvalue weighted by Gasteiger charge is 2.32. The molecule has 3 aromatic rings. The number of methoxy groups -OCH3 is 1. The van der Waals surface area contributed by atoms with Crippen molar-refractivity contribution in [1.82, 2.24) is 10.2 Å². The van der Waals surface area contributed by atoms with Gasteiger partial charge in [-0.2, -0.15) is 0 Å². The number of hydrogen-bond acceptors (Lipinski definition) is 5. The molecule has 0 aliphatic carbocycles. The van der Waals surface area contributed by atoms with Gasteiger partial charge in [0.15, 0.2) is 0 Å². The topological polar surface area (TPSA) is 96.0 Å². The van der Waals surface area contributed by atoms with Crippen molar-refractivity contribution in [3.05, 3.63) is 88.9 Å². The maximum Gasteiger partial charge on any atom is 0.264 e. The normalized spacial score (nSPS) is 11.9. The predicted octanol–water partition coefficient (Wildman–Crippen LogP) is 4.41. The van der Waals surface area contributed by atoms with Gasteiger partial charge in [-0.15, -0.1) is 0 Å². The van der Waals surface area contributed by atoms with E-state index in [1.54, 1.807) is 74.5 Å². The molecule has 0 saturated carbocycles. The lowest BCUT2D eigenvalue weighted by Gasteiger charge is -2.32. The van der Waals surface area contributed by atoms with Crippen LogP contribution in [0.25, 0.3) is 0 Å². The molecule has 38 heavy (non-hydrogen) atoms. The van der Waals surface area contributed by atoms with Crippen LogP contribution in [0.5, 0.6) is 5.75 Å². The summed E-state index contributed by atoms with van der Waals surface area (Å²) in [5.41, 5.74) is 1.90. The van der Waals surface area contributed by atoms with Crippen molar-refractivity contribution in [2.75, 3.05) is 24.5 Å². The molecule has 0 fully saturated rings.